The van der Waals surface area contributed by atoms with E-state index in [0.717, 1.165) is 12.0 Å². The number of carbonyl (C=O) groups is 1. The van der Waals surface area contributed by atoms with E-state index in [-0.39, 0.29) is 11.9 Å². The molecule has 1 aliphatic heterocycles. The monoisotopic (exact) mass is 354 g/mol. The molecule has 1 aromatic carbocycles. The van der Waals surface area contributed by atoms with Gasteiger partial charge in [0.15, 0.2) is 0 Å². The molecule has 1 amide bonds. The van der Waals surface area contributed by atoms with Gasteiger partial charge in [-0.1, -0.05) is 42.1 Å². The molecule has 3 nitrogen and oxygen atoms in total. The first-order chi connectivity index (χ1) is 11.1. The van der Waals surface area contributed by atoms with Gasteiger partial charge in [-0.25, -0.2) is 0 Å². The van der Waals surface area contributed by atoms with Crippen LogP contribution < -0.4 is 5.32 Å². The Kier molecular flexibility index (Phi) is 5.84. The summed E-state index contributed by atoms with van der Waals surface area (Å²) in [4.78, 5) is 15.0. The second kappa shape index (κ2) is 7.87. The first kappa shape index (κ1) is 17.1. The lowest BCUT2D eigenvalue weighted by atomic mass is 9.89. The number of rotatable bonds is 4. The minimum Gasteiger partial charge on any atom is -0.352 e. The molecular formula is C18H24Cl2N2O. The van der Waals surface area contributed by atoms with E-state index in [4.69, 9.17) is 23.2 Å². The van der Waals surface area contributed by atoms with Crippen LogP contribution in [0, 0.1) is 0 Å². The number of amides is 1. The van der Waals surface area contributed by atoms with Gasteiger partial charge in [0.25, 0.3) is 0 Å². The summed E-state index contributed by atoms with van der Waals surface area (Å²) < 4.78 is 0. The van der Waals surface area contributed by atoms with Gasteiger partial charge in [-0.2, -0.15) is 0 Å². The quantitative estimate of drug-likeness (QED) is 0.883. The van der Waals surface area contributed by atoms with E-state index in [9.17, 15) is 4.79 Å². The summed E-state index contributed by atoms with van der Waals surface area (Å²) in [5, 5.41) is 4.30. The molecular weight excluding hydrogens is 331 g/mol. The van der Waals surface area contributed by atoms with Gasteiger partial charge in [-0.3, -0.25) is 9.69 Å². The van der Waals surface area contributed by atoms with Gasteiger partial charge in [-0.15, -0.1) is 0 Å². The number of carbonyl (C=O) groups excluding carboxylic acids is 1. The van der Waals surface area contributed by atoms with Gasteiger partial charge in [-0.05, 0) is 56.5 Å². The van der Waals surface area contributed by atoms with Crippen molar-refractivity contribution in [2.24, 2.45) is 0 Å². The normalized spacial score (nSPS) is 25.5. The zero-order valence-corrected chi connectivity index (χ0v) is 14.9. The molecule has 0 radical (unpaired) electrons. The van der Waals surface area contributed by atoms with Crippen LogP contribution in [0.25, 0.3) is 0 Å². The zero-order chi connectivity index (χ0) is 16.2. The Balaban J connectivity index is 1.59. The average Bonchev–Trinajstić information content (AvgIpc) is 3.06. The van der Waals surface area contributed by atoms with Crippen molar-refractivity contribution in [2.75, 3.05) is 13.1 Å². The summed E-state index contributed by atoms with van der Waals surface area (Å²) in [6.07, 6.45) is 7.73. The molecule has 23 heavy (non-hydrogen) atoms. The van der Waals surface area contributed by atoms with Crippen LogP contribution in [-0.4, -0.2) is 36.0 Å². The molecule has 126 valence electrons. The van der Waals surface area contributed by atoms with Crippen molar-refractivity contribution < 1.29 is 4.79 Å². The lowest BCUT2D eigenvalue weighted by Gasteiger charge is -2.38. The molecule has 0 aromatic heterocycles. The Labute approximate surface area is 148 Å². The summed E-state index contributed by atoms with van der Waals surface area (Å²) in [5.74, 6) is 0.0829. The van der Waals surface area contributed by atoms with E-state index in [2.05, 4.69) is 10.2 Å². The van der Waals surface area contributed by atoms with Gasteiger partial charge in [0, 0.05) is 12.1 Å². The highest BCUT2D eigenvalue weighted by Crippen LogP contribution is 2.27. The smallest absolute Gasteiger partial charge is 0.224 e. The number of likely N-dealkylation sites (tertiary alicyclic amines) is 1. The van der Waals surface area contributed by atoms with Crippen LogP contribution in [0.5, 0.6) is 0 Å². The molecule has 1 aromatic rings. The third kappa shape index (κ3) is 4.40. The van der Waals surface area contributed by atoms with Crippen molar-refractivity contribution in [2.45, 2.75) is 57.0 Å². The fraction of sp³-hybridized carbons (Fsp3) is 0.611. The van der Waals surface area contributed by atoms with E-state index in [1.54, 1.807) is 12.1 Å². The highest BCUT2D eigenvalue weighted by atomic mass is 35.5. The standard InChI is InChI=1S/C18H24Cl2N2O/c19-14-8-7-13(11-15(14)20)12-18(23)21-16-5-1-2-6-17(16)22-9-3-4-10-22/h7-8,11,16-17H,1-6,9-10,12H2,(H,21,23). The van der Waals surface area contributed by atoms with Gasteiger partial charge in [0.1, 0.15) is 0 Å². The molecule has 1 saturated heterocycles. The summed E-state index contributed by atoms with van der Waals surface area (Å²) in [6, 6.07) is 6.20. The van der Waals surface area contributed by atoms with Gasteiger partial charge in [0.05, 0.1) is 16.5 Å². The maximum absolute atomic E-state index is 12.4. The van der Waals surface area contributed by atoms with Gasteiger partial charge < -0.3 is 5.32 Å². The highest BCUT2D eigenvalue weighted by molar-refractivity contribution is 6.42. The zero-order valence-electron chi connectivity index (χ0n) is 13.4. The third-order valence-corrected chi connectivity index (χ3v) is 5.77. The molecule has 0 spiro atoms. The Morgan fingerprint density at radius 2 is 1.83 bits per heavy atom. The maximum Gasteiger partial charge on any atom is 0.224 e. The number of nitrogens with zero attached hydrogens (tertiary/aromatic N) is 1. The molecule has 3 rings (SSSR count). The number of hydrogen-bond acceptors (Lipinski definition) is 2. The molecule has 2 fully saturated rings. The molecule has 2 unspecified atom stereocenters. The predicted molar refractivity (Wildman–Crippen MR) is 95.2 cm³/mol. The van der Waals surface area contributed by atoms with Crippen LogP contribution in [0.3, 0.4) is 0 Å². The third-order valence-electron chi connectivity index (χ3n) is 5.03. The molecule has 0 bridgehead atoms. The lowest BCUT2D eigenvalue weighted by Crippen LogP contribution is -2.52. The largest absolute Gasteiger partial charge is 0.352 e. The minimum absolute atomic E-state index is 0.0829. The van der Waals surface area contributed by atoms with Crippen LogP contribution in [0.1, 0.15) is 44.1 Å². The van der Waals surface area contributed by atoms with E-state index in [0.29, 0.717) is 22.5 Å². The summed E-state index contributed by atoms with van der Waals surface area (Å²) in [5.41, 5.74) is 0.908. The lowest BCUT2D eigenvalue weighted by molar-refractivity contribution is -0.121. The van der Waals surface area contributed by atoms with Crippen molar-refractivity contribution in [3.63, 3.8) is 0 Å². The van der Waals surface area contributed by atoms with Crippen molar-refractivity contribution in [3.8, 4) is 0 Å². The Morgan fingerprint density at radius 1 is 1.09 bits per heavy atom. The van der Waals surface area contributed by atoms with E-state index >= 15 is 0 Å². The number of halogens is 2. The summed E-state index contributed by atoms with van der Waals surface area (Å²) in [7, 11) is 0. The van der Waals surface area contributed by atoms with Crippen molar-refractivity contribution in [1.29, 1.82) is 0 Å². The Hall–Kier alpha value is -0.770. The van der Waals surface area contributed by atoms with Crippen molar-refractivity contribution in [3.05, 3.63) is 33.8 Å². The second-order valence-corrected chi connectivity index (χ2v) is 7.51. The van der Waals surface area contributed by atoms with Gasteiger partial charge in [0.2, 0.25) is 5.91 Å². The first-order valence-electron chi connectivity index (χ1n) is 8.61. The van der Waals surface area contributed by atoms with Crippen LogP contribution in [0.4, 0.5) is 0 Å². The topological polar surface area (TPSA) is 32.3 Å². The number of hydrogen-bond donors (Lipinski definition) is 1. The Morgan fingerprint density at radius 3 is 2.57 bits per heavy atom. The summed E-state index contributed by atoms with van der Waals surface area (Å²) in [6.45, 7) is 2.37. The van der Waals surface area contributed by atoms with Crippen LogP contribution in [-0.2, 0) is 11.2 Å². The van der Waals surface area contributed by atoms with Crippen LogP contribution in [0.2, 0.25) is 10.0 Å². The fourth-order valence-electron chi connectivity index (χ4n) is 3.88. The highest BCUT2D eigenvalue weighted by Gasteiger charge is 2.32. The maximum atomic E-state index is 12.4. The Bertz CT molecular complexity index is 558. The second-order valence-electron chi connectivity index (χ2n) is 6.69. The van der Waals surface area contributed by atoms with E-state index < -0.39 is 0 Å². The number of benzene rings is 1. The minimum atomic E-state index is 0.0829. The molecule has 1 N–H and O–H groups in total. The molecule has 5 heteroatoms. The van der Waals surface area contributed by atoms with E-state index in [1.807, 2.05) is 6.07 Å². The summed E-state index contributed by atoms with van der Waals surface area (Å²) >= 11 is 12.0. The molecule has 2 atom stereocenters. The van der Waals surface area contributed by atoms with E-state index in [1.165, 1.54) is 45.2 Å². The van der Waals surface area contributed by atoms with Gasteiger partial charge >= 0.3 is 0 Å². The fourth-order valence-corrected chi connectivity index (χ4v) is 4.20. The van der Waals surface area contributed by atoms with Crippen molar-refractivity contribution in [1.82, 2.24) is 10.2 Å². The molecule has 1 saturated carbocycles. The first-order valence-corrected chi connectivity index (χ1v) is 9.36. The average molecular weight is 355 g/mol. The van der Waals surface area contributed by atoms with Crippen molar-refractivity contribution >= 4 is 29.1 Å². The molecule has 1 aliphatic carbocycles. The van der Waals surface area contributed by atoms with Crippen LogP contribution in [0.15, 0.2) is 18.2 Å². The number of nitrogens with one attached hydrogen (secondary N) is 1. The SMILES string of the molecule is O=C(Cc1ccc(Cl)c(Cl)c1)NC1CCCCC1N1CCCC1. The van der Waals surface area contributed by atoms with Crippen LogP contribution >= 0.6 is 23.2 Å². The predicted octanol–water partition coefficient (Wildman–Crippen LogP) is 4.06. The molecule has 1 heterocycles. The molecule has 2 aliphatic rings.